The summed E-state index contributed by atoms with van der Waals surface area (Å²) in [4.78, 5) is 0. The fourth-order valence-electron chi connectivity index (χ4n) is 0.782. The number of rotatable bonds is 4. The first kappa shape index (κ1) is 19.9. The van der Waals surface area contributed by atoms with Gasteiger partial charge in [0.15, 0.2) is 0 Å². The molecule has 0 aliphatic rings. The second kappa shape index (κ2) is 4.69. The molecule has 0 unspecified atom stereocenters. The van der Waals surface area contributed by atoms with Gasteiger partial charge in [0, 0.05) is 0 Å². The SMILES string of the molecule is FC(F)(F)C(F)(F)C(F)(F)C(F)(F)C(F)(F)[C](F)(F)[SnH]. The Labute approximate surface area is 114 Å². The summed E-state index contributed by atoms with van der Waals surface area (Å²) in [7, 11) is 0. The third-order valence-electron chi connectivity index (χ3n) is 1.96. The van der Waals surface area contributed by atoms with Crippen LogP contribution in [0.1, 0.15) is 0 Å². The Hall–Kier alpha value is -0.111. The van der Waals surface area contributed by atoms with Crippen molar-refractivity contribution in [2.45, 2.75) is 33.8 Å². The van der Waals surface area contributed by atoms with Gasteiger partial charge in [-0.15, -0.1) is 0 Å². The third-order valence-corrected chi connectivity index (χ3v) is 2.99. The second-order valence-corrected chi connectivity index (χ2v) is 5.49. The fraction of sp³-hybridized carbons (Fsp3) is 1.00. The van der Waals surface area contributed by atoms with Gasteiger partial charge in [-0.25, -0.2) is 0 Å². The van der Waals surface area contributed by atoms with Crippen LogP contribution in [0.25, 0.3) is 0 Å². The van der Waals surface area contributed by atoms with Crippen LogP contribution in [0.15, 0.2) is 0 Å². The van der Waals surface area contributed by atoms with E-state index in [1.807, 2.05) is 0 Å². The minimum absolute atomic E-state index is 2.12. The summed E-state index contributed by atoms with van der Waals surface area (Å²) in [5.74, 6) is -30.2. The molecule has 0 bridgehead atoms. The zero-order valence-corrected chi connectivity index (χ0v) is 11.8. The molecule has 14 heteroatoms. The van der Waals surface area contributed by atoms with Crippen LogP contribution in [-0.4, -0.2) is 56.3 Å². The minimum atomic E-state index is -7.78. The van der Waals surface area contributed by atoms with Gasteiger partial charge in [-0.05, 0) is 0 Å². The summed E-state index contributed by atoms with van der Waals surface area (Å²) >= 11 is -2.12. The second-order valence-electron chi connectivity index (χ2n) is 3.42. The quantitative estimate of drug-likeness (QED) is 0.465. The Morgan fingerprint density at radius 1 is 0.400 bits per heavy atom. The molecule has 0 aliphatic heterocycles. The first-order valence-corrected chi connectivity index (χ1v) is 5.64. The normalized spacial score (nSPS) is 16.5. The molecule has 0 spiro atoms. The van der Waals surface area contributed by atoms with Gasteiger partial charge in [0.25, 0.3) is 0 Å². The van der Waals surface area contributed by atoms with Crippen LogP contribution < -0.4 is 0 Å². The van der Waals surface area contributed by atoms with Crippen molar-refractivity contribution >= 4 is 22.5 Å². The van der Waals surface area contributed by atoms with Crippen molar-refractivity contribution in [1.29, 1.82) is 0 Å². The number of hydrogen-bond donors (Lipinski definition) is 0. The van der Waals surface area contributed by atoms with Gasteiger partial charge in [-0.2, -0.15) is 0 Å². The van der Waals surface area contributed by atoms with E-state index in [1.165, 1.54) is 0 Å². The van der Waals surface area contributed by atoms with Gasteiger partial charge < -0.3 is 0 Å². The van der Waals surface area contributed by atoms with Crippen LogP contribution in [0.4, 0.5) is 57.1 Å². The van der Waals surface area contributed by atoms with E-state index < -0.39 is 56.3 Å². The Balaban J connectivity index is 6.08. The average Bonchev–Trinajstić information content (AvgIpc) is 2.12. The van der Waals surface area contributed by atoms with Crippen LogP contribution in [-0.2, 0) is 0 Å². The Kier molecular flexibility index (Phi) is 4.67. The molecule has 0 aliphatic carbocycles. The molecule has 0 aromatic carbocycles. The maximum atomic E-state index is 12.6. The zero-order valence-electron chi connectivity index (χ0n) is 8.49. The van der Waals surface area contributed by atoms with Gasteiger partial charge in [0.05, 0.1) is 0 Å². The van der Waals surface area contributed by atoms with Crippen molar-refractivity contribution in [3.63, 3.8) is 0 Å². The van der Waals surface area contributed by atoms with Crippen LogP contribution in [0.5, 0.6) is 0 Å². The summed E-state index contributed by atoms with van der Waals surface area (Å²) in [6.07, 6.45) is -7.35. The monoisotopic (exact) mass is 440 g/mol. The number of hydrogen-bond acceptors (Lipinski definition) is 0. The molecule has 0 heterocycles. The van der Waals surface area contributed by atoms with E-state index in [-0.39, 0.29) is 0 Å². The topological polar surface area (TPSA) is 0 Å². The van der Waals surface area contributed by atoms with E-state index in [9.17, 15) is 57.1 Å². The molecule has 0 aromatic rings. The van der Waals surface area contributed by atoms with Gasteiger partial charge in [0.1, 0.15) is 0 Å². The average molecular weight is 439 g/mol. The molecular weight excluding hydrogens is 438 g/mol. The Morgan fingerprint density at radius 2 is 0.650 bits per heavy atom. The summed E-state index contributed by atoms with van der Waals surface area (Å²) in [6, 6.07) is 0. The Morgan fingerprint density at radius 3 is 0.850 bits per heavy atom. The van der Waals surface area contributed by atoms with Crippen molar-refractivity contribution in [3.05, 3.63) is 0 Å². The van der Waals surface area contributed by atoms with Crippen LogP contribution in [0.3, 0.4) is 0 Å². The van der Waals surface area contributed by atoms with Crippen LogP contribution in [0.2, 0.25) is 0 Å². The molecule has 0 aromatic heterocycles. The molecule has 0 atom stereocenters. The van der Waals surface area contributed by atoms with Crippen molar-refractivity contribution in [1.82, 2.24) is 0 Å². The van der Waals surface area contributed by atoms with Gasteiger partial charge in [0.2, 0.25) is 0 Å². The number of halogens is 13. The van der Waals surface area contributed by atoms with E-state index in [0.717, 1.165) is 0 Å². The molecule has 0 nitrogen and oxygen atoms in total. The predicted molar refractivity (Wildman–Crippen MR) is 37.9 cm³/mol. The van der Waals surface area contributed by atoms with Gasteiger partial charge in [-0.1, -0.05) is 0 Å². The van der Waals surface area contributed by atoms with E-state index in [1.54, 1.807) is 0 Å². The van der Waals surface area contributed by atoms with Crippen molar-refractivity contribution in [3.8, 4) is 0 Å². The molecule has 0 N–H and O–H groups in total. The van der Waals surface area contributed by atoms with Crippen molar-refractivity contribution < 1.29 is 57.1 Å². The number of alkyl halides is 13. The molecule has 0 saturated heterocycles. The molecular formula is C6HF13Sn. The predicted octanol–water partition coefficient (Wildman–Crippen LogP) is 3.58. The zero-order chi connectivity index (χ0) is 17.0. The molecule has 20 heavy (non-hydrogen) atoms. The summed E-state index contributed by atoms with van der Waals surface area (Å²) in [5.41, 5.74) is 0. The molecule has 0 amide bonds. The van der Waals surface area contributed by atoms with Crippen LogP contribution >= 0.6 is 0 Å². The molecule has 120 valence electrons. The first-order chi connectivity index (χ1) is 8.25. The van der Waals surface area contributed by atoms with E-state index in [2.05, 4.69) is 0 Å². The maximum absolute atomic E-state index is 12.6. The molecule has 0 fully saturated rings. The standard InChI is InChI=1S/C6F13.Sn.H/c7-1(8)2(9,10)3(11,12)4(13,14)5(15,16)6(17,18)19;;. The molecule has 0 saturated carbocycles. The molecule has 0 rings (SSSR count). The van der Waals surface area contributed by atoms with Crippen LogP contribution in [0, 0.1) is 0 Å². The van der Waals surface area contributed by atoms with E-state index in [0.29, 0.717) is 0 Å². The first-order valence-electron chi connectivity index (χ1n) is 4.00. The van der Waals surface area contributed by atoms with Gasteiger partial charge >= 0.3 is 113 Å². The van der Waals surface area contributed by atoms with Crippen molar-refractivity contribution in [2.24, 2.45) is 0 Å². The van der Waals surface area contributed by atoms with Crippen molar-refractivity contribution in [2.75, 3.05) is 0 Å². The summed E-state index contributed by atoms with van der Waals surface area (Å²) in [6.45, 7) is 0. The Bertz CT molecular complexity index is 324. The fourth-order valence-corrected chi connectivity index (χ4v) is 1.30. The molecule has 2 radical (unpaired) electrons. The summed E-state index contributed by atoms with van der Waals surface area (Å²) in [5, 5.41) is 0. The third kappa shape index (κ3) is 2.53. The van der Waals surface area contributed by atoms with E-state index >= 15 is 0 Å². The van der Waals surface area contributed by atoms with Gasteiger partial charge in [-0.3, -0.25) is 0 Å². The van der Waals surface area contributed by atoms with E-state index in [4.69, 9.17) is 0 Å². The summed E-state index contributed by atoms with van der Waals surface area (Å²) < 4.78 is 153.